The van der Waals surface area contributed by atoms with Gasteiger partial charge in [0.1, 0.15) is 17.3 Å². The fraction of sp³-hybridized carbons (Fsp3) is 0.125. The van der Waals surface area contributed by atoms with Gasteiger partial charge in [-0.3, -0.25) is 4.98 Å². The number of carboxylic acid groups (broad SMARTS) is 1. The van der Waals surface area contributed by atoms with Gasteiger partial charge in [-0.25, -0.2) is 18.0 Å². The molecule has 0 atom stereocenters. The summed E-state index contributed by atoms with van der Waals surface area (Å²) in [5, 5.41) is 17.0. The smallest absolute Gasteiger partial charge is 0.340 e. The highest BCUT2D eigenvalue weighted by molar-refractivity contribution is 5.91. The van der Waals surface area contributed by atoms with Crippen LogP contribution >= 0.6 is 0 Å². The molecule has 0 aliphatic heterocycles. The molecule has 0 radical (unpaired) electrons. The van der Waals surface area contributed by atoms with Crippen molar-refractivity contribution in [1.82, 2.24) is 4.98 Å². The van der Waals surface area contributed by atoms with E-state index in [2.05, 4.69) is 4.98 Å². The fourth-order valence-corrected chi connectivity index (χ4v) is 0.991. The largest absolute Gasteiger partial charge is 0.478 e. The molecule has 0 amide bonds. The van der Waals surface area contributed by atoms with E-state index >= 15 is 0 Å². The van der Waals surface area contributed by atoms with Crippen LogP contribution in [0.2, 0.25) is 0 Å². The number of carbonyl (C=O) groups is 1. The maximum absolute atomic E-state index is 12.9. The normalized spacial score (nSPS) is 10.1. The van der Waals surface area contributed by atoms with E-state index in [4.69, 9.17) is 10.4 Å². The maximum Gasteiger partial charge on any atom is 0.340 e. The van der Waals surface area contributed by atoms with Crippen molar-refractivity contribution in [3.63, 3.8) is 0 Å². The second kappa shape index (κ2) is 3.96. The highest BCUT2D eigenvalue weighted by Crippen LogP contribution is 2.24. The molecule has 78 valence electrons. The van der Waals surface area contributed by atoms with E-state index in [0.29, 0.717) is 6.20 Å². The minimum atomic E-state index is -3.13. The number of alkyl halides is 2. The molecule has 0 aromatic carbocycles. The summed E-state index contributed by atoms with van der Waals surface area (Å²) in [4.78, 5) is 13.5. The van der Waals surface area contributed by atoms with Crippen LogP contribution in [0.1, 0.15) is 28.0 Å². The third kappa shape index (κ3) is 1.88. The summed E-state index contributed by atoms with van der Waals surface area (Å²) in [7, 11) is 0. The van der Waals surface area contributed by atoms with Gasteiger partial charge in [0, 0.05) is 0 Å². The molecule has 4 nitrogen and oxygen atoms in total. The van der Waals surface area contributed by atoms with Crippen molar-refractivity contribution in [2.24, 2.45) is 0 Å². The SMILES string of the molecule is N#Cc1c(C(F)F)ncc(F)c1C(=O)O. The van der Waals surface area contributed by atoms with Gasteiger partial charge < -0.3 is 5.11 Å². The number of carboxylic acids is 1. The van der Waals surface area contributed by atoms with E-state index in [1.807, 2.05) is 0 Å². The molecule has 1 N–H and O–H groups in total. The number of nitrogens with zero attached hydrogens (tertiary/aromatic N) is 2. The zero-order chi connectivity index (χ0) is 11.6. The highest BCUT2D eigenvalue weighted by atomic mass is 19.3. The van der Waals surface area contributed by atoms with Crippen molar-refractivity contribution >= 4 is 5.97 Å². The summed E-state index contributed by atoms with van der Waals surface area (Å²) in [5.74, 6) is -3.10. The predicted molar refractivity (Wildman–Crippen MR) is 40.8 cm³/mol. The first kappa shape index (κ1) is 11.0. The summed E-state index contributed by atoms with van der Waals surface area (Å²) in [6.07, 6.45) is -2.77. The quantitative estimate of drug-likeness (QED) is 0.816. The lowest BCUT2D eigenvalue weighted by molar-refractivity contribution is 0.0690. The second-order valence-electron chi connectivity index (χ2n) is 2.46. The Bertz CT molecular complexity index is 454. The molecule has 1 aromatic heterocycles. The van der Waals surface area contributed by atoms with Gasteiger partial charge in [0.05, 0.1) is 11.8 Å². The molecular formula is C8H3F3N2O2. The van der Waals surface area contributed by atoms with Crippen LogP contribution in [-0.4, -0.2) is 16.1 Å². The minimum absolute atomic E-state index is 0.353. The van der Waals surface area contributed by atoms with Crippen LogP contribution in [0, 0.1) is 17.1 Å². The van der Waals surface area contributed by atoms with Crippen LogP contribution in [0.15, 0.2) is 6.20 Å². The van der Waals surface area contributed by atoms with Crippen molar-refractivity contribution in [1.29, 1.82) is 5.26 Å². The number of aromatic carboxylic acids is 1. The highest BCUT2D eigenvalue weighted by Gasteiger charge is 2.24. The Morgan fingerprint density at radius 1 is 1.60 bits per heavy atom. The Balaban J connectivity index is 3.56. The van der Waals surface area contributed by atoms with E-state index in [-0.39, 0.29) is 0 Å². The van der Waals surface area contributed by atoms with E-state index in [1.54, 1.807) is 0 Å². The first-order valence-corrected chi connectivity index (χ1v) is 3.59. The fourth-order valence-electron chi connectivity index (χ4n) is 0.991. The van der Waals surface area contributed by atoms with E-state index in [9.17, 15) is 18.0 Å². The van der Waals surface area contributed by atoms with Crippen molar-refractivity contribution in [3.05, 3.63) is 28.8 Å². The first-order valence-electron chi connectivity index (χ1n) is 3.59. The lowest BCUT2D eigenvalue weighted by atomic mass is 10.1. The number of nitriles is 1. The number of pyridine rings is 1. The molecule has 0 aliphatic rings. The van der Waals surface area contributed by atoms with Gasteiger partial charge in [-0.1, -0.05) is 0 Å². The molecule has 1 rings (SSSR count). The van der Waals surface area contributed by atoms with Crippen molar-refractivity contribution in [2.45, 2.75) is 6.43 Å². The molecule has 1 heterocycles. The summed E-state index contributed by atoms with van der Waals surface area (Å²) < 4.78 is 37.4. The molecular weight excluding hydrogens is 213 g/mol. The molecule has 0 bridgehead atoms. The lowest BCUT2D eigenvalue weighted by Crippen LogP contribution is -2.09. The standard InChI is InChI=1S/C8H3F3N2O2/c9-4-2-13-6(7(10)11)3(1-12)5(4)8(14)15/h2,7H,(H,14,15). The first-order chi connectivity index (χ1) is 6.99. The Kier molecular flexibility index (Phi) is 2.90. The third-order valence-electron chi connectivity index (χ3n) is 1.59. The minimum Gasteiger partial charge on any atom is -0.478 e. The number of hydrogen-bond acceptors (Lipinski definition) is 3. The molecule has 0 saturated carbocycles. The molecule has 0 saturated heterocycles. The van der Waals surface area contributed by atoms with Crippen LogP contribution in [0.4, 0.5) is 13.2 Å². The Hall–Kier alpha value is -2.10. The average Bonchev–Trinajstić information content (AvgIpc) is 2.15. The summed E-state index contributed by atoms with van der Waals surface area (Å²) in [5.41, 5.74) is -3.06. The molecule has 0 aliphatic carbocycles. The summed E-state index contributed by atoms with van der Waals surface area (Å²) in [6.45, 7) is 0. The summed E-state index contributed by atoms with van der Waals surface area (Å²) in [6, 6.07) is 1.20. The molecule has 0 fully saturated rings. The summed E-state index contributed by atoms with van der Waals surface area (Å²) >= 11 is 0. The Labute approximate surface area is 81.6 Å². The molecule has 0 spiro atoms. The monoisotopic (exact) mass is 216 g/mol. The number of halogens is 3. The molecule has 15 heavy (non-hydrogen) atoms. The topological polar surface area (TPSA) is 74.0 Å². The third-order valence-corrected chi connectivity index (χ3v) is 1.59. The van der Waals surface area contributed by atoms with E-state index in [1.165, 1.54) is 6.07 Å². The van der Waals surface area contributed by atoms with Crippen molar-refractivity contribution in [3.8, 4) is 6.07 Å². The van der Waals surface area contributed by atoms with Gasteiger partial charge >= 0.3 is 5.97 Å². The van der Waals surface area contributed by atoms with Crippen LogP contribution < -0.4 is 0 Å². The Morgan fingerprint density at radius 2 is 2.20 bits per heavy atom. The second-order valence-corrected chi connectivity index (χ2v) is 2.46. The molecule has 1 aromatic rings. The van der Waals surface area contributed by atoms with Gasteiger partial charge in [0.15, 0.2) is 5.82 Å². The van der Waals surface area contributed by atoms with Gasteiger partial charge in [0.2, 0.25) is 0 Å². The maximum atomic E-state index is 12.9. The van der Waals surface area contributed by atoms with Gasteiger partial charge in [-0.2, -0.15) is 5.26 Å². The molecule has 0 unspecified atom stereocenters. The van der Waals surface area contributed by atoms with Crippen molar-refractivity contribution < 1.29 is 23.1 Å². The molecule has 7 heteroatoms. The van der Waals surface area contributed by atoms with Crippen molar-refractivity contribution in [2.75, 3.05) is 0 Å². The lowest BCUT2D eigenvalue weighted by Gasteiger charge is -2.05. The Morgan fingerprint density at radius 3 is 2.60 bits per heavy atom. The zero-order valence-electron chi connectivity index (χ0n) is 7.04. The van der Waals surface area contributed by atoms with Gasteiger partial charge in [-0.05, 0) is 0 Å². The van der Waals surface area contributed by atoms with Crippen LogP contribution in [0.25, 0.3) is 0 Å². The van der Waals surface area contributed by atoms with Gasteiger partial charge in [-0.15, -0.1) is 0 Å². The van der Waals surface area contributed by atoms with Gasteiger partial charge in [0.25, 0.3) is 6.43 Å². The number of rotatable bonds is 2. The predicted octanol–water partition coefficient (Wildman–Crippen LogP) is 1.73. The van der Waals surface area contributed by atoms with Crippen LogP contribution in [0.5, 0.6) is 0 Å². The van der Waals surface area contributed by atoms with Crippen LogP contribution in [0.3, 0.4) is 0 Å². The zero-order valence-corrected chi connectivity index (χ0v) is 7.04. The van der Waals surface area contributed by atoms with E-state index < -0.39 is 35.0 Å². The van der Waals surface area contributed by atoms with Crippen LogP contribution in [-0.2, 0) is 0 Å². The average molecular weight is 216 g/mol. The van der Waals surface area contributed by atoms with E-state index in [0.717, 1.165) is 0 Å². The number of hydrogen-bond donors (Lipinski definition) is 1. The number of aromatic nitrogens is 1.